The fourth-order valence-corrected chi connectivity index (χ4v) is 4.40. The van der Waals surface area contributed by atoms with Crippen molar-refractivity contribution < 1.29 is 5.11 Å². The van der Waals surface area contributed by atoms with E-state index < -0.39 is 0 Å². The van der Waals surface area contributed by atoms with Gasteiger partial charge in [-0.3, -0.25) is 0 Å². The van der Waals surface area contributed by atoms with Gasteiger partial charge in [0.1, 0.15) is 10.8 Å². The lowest BCUT2D eigenvalue weighted by Crippen LogP contribution is -2.09. The quantitative estimate of drug-likeness (QED) is 0.352. The number of benzene rings is 4. The van der Waals surface area contributed by atoms with E-state index >= 15 is 0 Å². The molecule has 0 aliphatic rings. The number of aromatic nitrogens is 1. The molecule has 4 heteroatoms. The maximum Gasteiger partial charge on any atom is 0.124 e. The summed E-state index contributed by atoms with van der Waals surface area (Å²) in [6.07, 6.45) is 0. The van der Waals surface area contributed by atoms with Gasteiger partial charge in [-0.1, -0.05) is 36.4 Å². The van der Waals surface area contributed by atoms with E-state index in [1.165, 1.54) is 0 Å². The Bertz CT molecular complexity index is 1210. The standard InChI is InChI=1S/C25H18N2OS/c28-22-15-16-23-24(17-22)29-25(26-23)18-11-13-21(14-12-18)27(19-7-3-1-4-8-19)20-9-5-2-6-10-20/h1-17,28H. The molecule has 0 spiro atoms. The van der Waals surface area contributed by atoms with Gasteiger partial charge in [-0.25, -0.2) is 4.98 Å². The van der Waals surface area contributed by atoms with Gasteiger partial charge in [0, 0.05) is 22.6 Å². The summed E-state index contributed by atoms with van der Waals surface area (Å²) < 4.78 is 0.985. The van der Waals surface area contributed by atoms with Crippen LogP contribution in [0.1, 0.15) is 0 Å². The molecule has 0 aliphatic carbocycles. The number of fused-ring (bicyclic) bond motifs is 1. The van der Waals surface area contributed by atoms with Gasteiger partial charge in [-0.05, 0) is 66.7 Å². The summed E-state index contributed by atoms with van der Waals surface area (Å²) in [6, 6.07) is 34.5. The van der Waals surface area contributed by atoms with Crippen LogP contribution in [0, 0.1) is 0 Å². The molecular weight excluding hydrogens is 376 g/mol. The summed E-state index contributed by atoms with van der Waals surface area (Å²) >= 11 is 1.59. The van der Waals surface area contributed by atoms with Crippen LogP contribution in [0.25, 0.3) is 20.8 Å². The molecule has 5 aromatic rings. The maximum absolute atomic E-state index is 9.70. The molecule has 140 valence electrons. The number of hydrogen-bond acceptors (Lipinski definition) is 4. The van der Waals surface area contributed by atoms with Crippen molar-refractivity contribution in [1.82, 2.24) is 4.98 Å². The molecule has 0 aliphatic heterocycles. The van der Waals surface area contributed by atoms with Crippen molar-refractivity contribution >= 4 is 38.6 Å². The van der Waals surface area contributed by atoms with Crippen LogP contribution in [0.4, 0.5) is 17.1 Å². The molecule has 4 aromatic carbocycles. The third-order valence-electron chi connectivity index (χ3n) is 4.77. The van der Waals surface area contributed by atoms with Gasteiger partial charge in [-0.15, -0.1) is 11.3 Å². The number of thiazole rings is 1. The molecule has 0 atom stereocenters. The Morgan fingerprint density at radius 1 is 0.655 bits per heavy atom. The highest BCUT2D eigenvalue weighted by atomic mass is 32.1. The van der Waals surface area contributed by atoms with Crippen molar-refractivity contribution in [1.29, 1.82) is 0 Å². The highest BCUT2D eigenvalue weighted by molar-refractivity contribution is 7.21. The largest absolute Gasteiger partial charge is 0.508 e. The van der Waals surface area contributed by atoms with Crippen LogP contribution in [0.3, 0.4) is 0 Å². The monoisotopic (exact) mass is 394 g/mol. The van der Waals surface area contributed by atoms with Crippen molar-refractivity contribution in [2.24, 2.45) is 0 Å². The van der Waals surface area contributed by atoms with Crippen LogP contribution in [0.5, 0.6) is 5.75 Å². The first-order valence-electron chi connectivity index (χ1n) is 9.38. The van der Waals surface area contributed by atoms with Gasteiger partial charge >= 0.3 is 0 Å². The molecule has 0 unspecified atom stereocenters. The van der Waals surface area contributed by atoms with Crippen molar-refractivity contribution in [2.75, 3.05) is 4.90 Å². The van der Waals surface area contributed by atoms with Crippen LogP contribution >= 0.6 is 11.3 Å². The van der Waals surface area contributed by atoms with Crippen LogP contribution in [-0.4, -0.2) is 10.1 Å². The Balaban J connectivity index is 1.54. The molecule has 0 fully saturated rings. The molecule has 29 heavy (non-hydrogen) atoms. The van der Waals surface area contributed by atoms with Gasteiger partial charge in [0.25, 0.3) is 0 Å². The number of nitrogens with zero attached hydrogens (tertiary/aromatic N) is 2. The van der Waals surface area contributed by atoms with E-state index in [9.17, 15) is 5.11 Å². The van der Waals surface area contributed by atoms with Crippen molar-refractivity contribution in [2.45, 2.75) is 0 Å². The van der Waals surface area contributed by atoms with E-state index in [2.05, 4.69) is 77.7 Å². The molecule has 5 rings (SSSR count). The lowest BCUT2D eigenvalue weighted by atomic mass is 10.1. The first-order valence-corrected chi connectivity index (χ1v) is 10.2. The minimum Gasteiger partial charge on any atom is -0.508 e. The number of para-hydroxylation sites is 2. The van der Waals surface area contributed by atoms with Crippen LogP contribution in [0.15, 0.2) is 103 Å². The second-order valence-electron chi connectivity index (χ2n) is 6.72. The lowest BCUT2D eigenvalue weighted by molar-refractivity contribution is 0.476. The Morgan fingerprint density at radius 2 is 1.24 bits per heavy atom. The van der Waals surface area contributed by atoms with Gasteiger partial charge in [0.05, 0.1) is 10.2 Å². The second kappa shape index (κ2) is 7.41. The summed E-state index contributed by atoms with van der Waals surface area (Å²) in [6.45, 7) is 0. The normalized spacial score (nSPS) is 10.9. The summed E-state index contributed by atoms with van der Waals surface area (Å²) in [5.41, 5.74) is 5.28. The third-order valence-corrected chi connectivity index (χ3v) is 5.84. The fourth-order valence-electron chi connectivity index (χ4n) is 3.39. The summed E-state index contributed by atoms with van der Waals surface area (Å²) in [4.78, 5) is 6.95. The number of rotatable bonds is 4. The zero-order chi connectivity index (χ0) is 19.6. The Morgan fingerprint density at radius 3 is 1.86 bits per heavy atom. The molecule has 1 heterocycles. The highest BCUT2D eigenvalue weighted by Gasteiger charge is 2.13. The number of hydrogen-bond donors (Lipinski definition) is 1. The zero-order valence-corrected chi connectivity index (χ0v) is 16.4. The van der Waals surface area contributed by atoms with E-state index in [1.54, 1.807) is 23.5 Å². The first kappa shape index (κ1) is 17.5. The van der Waals surface area contributed by atoms with Crippen LogP contribution in [0.2, 0.25) is 0 Å². The zero-order valence-electron chi connectivity index (χ0n) is 15.6. The fraction of sp³-hybridized carbons (Fsp3) is 0. The molecule has 0 saturated carbocycles. The molecule has 1 N–H and O–H groups in total. The Kier molecular flexibility index (Phi) is 4.47. The molecule has 0 bridgehead atoms. The second-order valence-corrected chi connectivity index (χ2v) is 7.76. The van der Waals surface area contributed by atoms with E-state index in [-0.39, 0.29) is 5.75 Å². The Labute approximate surface area is 173 Å². The predicted octanol–water partition coefficient (Wildman–Crippen LogP) is 7.14. The summed E-state index contributed by atoms with van der Waals surface area (Å²) in [7, 11) is 0. The topological polar surface area (TPSA) is 36.4 Å². The van der Waals surface area contributed by atoms with Crippen LogP contribution in [-0.2, 0) is 0 Å². The minimum atomic E-state index is 0.268. The molecule has 0 amide bonds. The number of phenols is 1. The number of aromatic hydroxyl groups is 1. The average Bonchev–Trinajstić information content (AvgIpc) is 3.19. The van der Waals surface area contributed by atoms with Gasteiger partial charge < -0.3 is 10.0 Å². The van der Waals surface area contributed by atoms with Crippen molar-refractivity contribution in [3.05, 3.63) is 103 Å². The third kappa shape index (κ3) is 3.46. The van der Waals surface area contributed by atoms with Crippen molar-refractivity contribution in [3.63, 3.8) is 0 Å². The molecular formula is C25H18N2OS. The molecule has 0 radical (unpaired) electrons. The Hall–Kier alpha value is -3.63. The van der Waals surface area contributed by atoms with Crippen molar-refractivity contribution in [3.8, 4) is 16.3 Å². The lowest BCUT2D eigenvalue weighted by Gasteiger charge is -2.25. The van der Waals surface area contributed by atoms with Gasteiger partial charge in [-0.2, -0.15) is 0 Å². The van der Waals surface area contributed by atoms with E-state index in [1.807, 2.05) is 18.2 Å². The SMILES string of the molecule is Oc1ccc2nc(-c3ccc(N(c4ccccc4)c4ccccc4)cc3)sc2c1. The summed E-state index contributed by atoms with van der Waals surface area (Å²) in [5, 5.41) is 10.6. The van der Waals surface area contributed by atoms with E-state index in [4.69, 9.17) is 4.98 Å². The van der Waals surface area contributed by atoms with E-state index in [0.717, 1.165) is 37.8 Å². The minimum absolute atomic E-state index is 0.268. The molecule has 1 aromatic heterocycles. The highest BCUT2D eigenvalue weighted by Crippen LogP contribution is 2.37. The first-order chi connectivity index (χ1) is 14.3. The van der Waals surface area contributed by atoms with E-state index in [0.29, 0.717) is 0 Å². The van der Waals surface area contributed by atoms with Gasteiger partial charge in [0.2, 0.25) is 0 Å². The van der Waals surface area contributed by atoms with Gasteiger partial charge in [0.15, 0.2) is 0 Å². The van der Waals surface area contributed by atoms with Crippen LogP contribution < -0.4 is 4.90 Å². The number of anilines is 3. The molecule has 3 nitrogen and oxygen atoms in total. The average molecular weight is 394 g/mol. The predicted molar refractivity (Wildman–Crippen MR) is 121 cm³/mol. The number of phenolic OH excluding ortho intramolecular Hbond substituents is 1. The summed E-state index contributed by atoms with van der Waals surface area (Å²) in [5.74, 6) is 0.268. The smallest absolute Gasteiger partial charge is 0.124 e. The maximum atomic E-state index is 9.70. The molecule has 0 saturated heterocycles.